The van der Waals surface area contributed by atoms with Gasteiger partial charge in [0.15, 0.2) is 11.5 Å². The van der Waals surface area contributed by atoms with Crippen molar-refractivity contribution in [1.82, 2.24) is 0 Å². The maximum absolute atomic E-state index is 11.4. The fourth-order valence-electron chi connectivity index (χ4n) is 1.85. The van der Waals surface area contributed by atoms with Gasteiger partial charge in [0.25, 0.3) is 0 Å². The number of nitrogens with one attached hydrogen (secondary N) is 1. The first kappa shape index (κ1) is 14.9. The second-order valence-corrected chi connectivity index (χ2v) is 4.54. The molecule has 4 nitrogen and oxygen atoms in total. The highest BCUT2D eigenvalue weighted by atomic mass is 16.5. The van der Waals surface area contributed by atoms with Gasteiger partial charge in [-0.1, -0.05) is 37.3 Å². The van der Waals surface area contributed by atoms with Crippen molar-refractivity contribution in [2.24, 2.45) is 0 Å². The zero-order valence-corrected chi connectivity index (χ0v) is 12.3. The lowest BCUT2D eigenvalue weighted by Crippen LogP contribution is -2.09. The van der Waals surface area contributed by atoms with E-state index < -0.39 is 0 Å². The van der Waals surface area contributed by atoms with E-state index in [-0.39, 0.29) is 5.91 Å². The predicted molar refractivity (Wildman–Crippen MR) is 82.7 cm³/mol. The molecular weight excluding hydrogens is 266 g/mol. The summed E-state index contributed by atoms with van der Waals surface area (Å²) in [6.07, 6.45) is 0.439. The lowest BCUT2D eigenvalue weighted by molar-refractivity contribution is -0.115. The minimum absolute atomic E-state index is 0.0324. The van der Waals surface area contributed by atoms with Gasteiger partial charge in [-0.15, -0.1) is 0 Å². The summed E-state index contributed by atoms with van der Waals surface area (Å²) in [6.45, 7) is 2.28. The third kappa shape index (κ3) is 4.24. The van der Waals surface area contributed by atoms with E-state index in [4.69, 9.17) is 9.47 Å². The molecule has 2 rings (SSSR count). The molecule has 0 aromatic heterocycles. The molecule has 0 radical (unpaired) electrons. The number of benzene rings is 2. The molecular formula is C17H19NO3. The molecule has 0 saturated carbocycles. The number of amides is 1. The summed E-state index contributed by atoms with van der Waals surface area (Å²) in [6, 6.07) is 15.3. The van der Waals surface area contributed by atoms with Crippen LogP contribution in [0.4, 0.5) is 5.69 Å². The van der Waals surface area contributed by atoms with Gasteiger partial charge < -0.3 is 14.8 Å². The molecule has 2 aromatic rings. The highest BCUT2D eigenvalue weighted by Crippen LogP contribution is 2.30. The largest absolute Gasteiger partial charge is 0.493 e. The molecule has 4 heteroatoms. The van der Waals surface area contributed by atoms with Gasteiger partial charge in [-0.25, -0.2) is 0 Å². The lowest BCUT2D eigenvalue weighted by atomic mass is 10.2. The summed E-state index contributed by atoms with van der Waals surface area (Å²) in [4.78, 5) is 11.4. The normalized spacial score (nSPS) is 10.0. The van der Waals surface area contributed by atoms with Gasteiger partial charge in [-0.05, 0) is 17.7 Å². The fraction of sp³-hybridized carbons (Fsp3) is 0.235. The highest BCUT2D eigenvalue weighted by Gasteiger charge is 2.07. The third-order valence-electron chi connectivity index (χ3n) is 3.01. The molecule has 0 aliphatic carbocycles. The SMILES string of the molecule is CCC(=O)Nc1ccc(OCc2ccccc2)c(OC)c1. The second kappa shape index (κ2) is 7.33. The van der Waals surface area contributed by atoms with Crippen LogP contribution in [0.5, 0.6) is 11.5 Å². The van der Waals surface area contributed by atoms with Crippen molar-refractivity contribution in [3.63, 3.8) is 0 Å². The van der Waals surface area contributed by atoms with Crippen molar-refractivity contribution in [2.45, 2.75) is 20.0 Å². The van der Waals surface area contributed by atoms with Crippen LogP contribution in [-0.2, 0) is 11.4 Å². The van der Waals surface area contributed by atoms with E-state index in [1.54, 1.807) is 25.3 Å². The number of rotatable bonds is 6. The van der Waals surface area contributed by atoms with Crippen LogP contribution in [0.15, 0.2) is 48.5 Å². The molecule has 0 spiro atoms. The minimum atomic E-state index is -0.0324. The van der Waals surface area contributed by atoms with Gasteiger partial charge in [0.1, 0.15) is 6.61 Å². The minimum Gasteiger partial charge on any atom is -0.493 e. The van der Waals surface area contributed by atoms with Crippen molar-refractivity contribution >= 4 is 11.6 Å². The standard InChI is InChI=1S/C17H19NO3/c1-3-17(19)18-14-9-10-15(16(11-14)20-2)21-12-13-7-5-4-6-8-13/h4-11H,3,12H2,1-2H3,(H,18,19). The molecule has 0 heterocycles. The number of anilines is 1. The van der Waals surface area contributed by atoms with Crippen molar-refractivity contribution in [2.75, 3.05) is 12.4 Å². The Bertz CT molecular complexity index is 596. The molecule has 21 heavy (non-hydrogen) atoms. The highest BCUT2D eigenvalue weighted by molar-refractivity contribution is 5.90. The van der Waals surface area contributed by atoms with E-state index in [9.17, 15) is 4.79 Å². The summed E-state index contributed by atoms with van der Waals surface area (Å²) in [7, 11) is 1.58. The van der Waals surface area contributed by atoms with Crippen molar-refractivity contribution in [3.8, 4) is 11.5 Å². The molecule has 0 unspecified atom stereocenters. The monoisotopic (exact) mass is 285 g/mol. The summed E-state index contributed by atoms with van der Waals surface area (Å²) in [5.41, 5.74) is 1.79. The Hall–Kier alpha value is -2.49. The second-order valence-electron chi connectivity index (χ2n) is 4.54. The van der Waals surface area contributed by atoms with Crippen molar-refractivity contribution in [1.29, 1.82) is 0 Å². The molecule has 2 aromatic carbocycles. The maximum Gasteiger partial charge on any atom is 0.224 e. The van der Waals surface area contributed by atoms with Crippen LogP contribution in [0.2, 0.25) is 0 Å². The van der Waals surface area contributed by atoms with Crippen LogP contribution in [0.1, 0.15) is 18.9 Å². The number of carbonyl (C=O) groups excluding carboxylic acids is 1. The molecule has 0 bridgehead atoms. The van der Waals surface area contributed by atoms with Crippen molar-refractivity contribution < 1.29 is 14.3 Å². The smallest absolute Gasteiger partial charge is 0.224 e. The van der Waals surface area contributed by atoms with Gasteiger partial charge in [0, 0.05) is 18.2 Å². The first-order chi connectivity index (χ1) is 10.2. The van der Waals surface area contributed by atoms with Crippen LogP contribution in [-0.4, -0.2) is 13.0 Å². The first-order valence-electron chi connectivity index (χ1n) is 6.87. The number of methoxy groups -OCH3 is 1. The fourth-order valence-corrected chi connectivity index (χ4v) is 1.85. The molecule has 0 saturated heterocycles. The Morgan fingerprint density at radius 3 is 2.52 bits per heavy atom. The van der Waals surface area contributed by atoms with Crippen LogP contribution in [0, 0.1) is 0 Å². The van der Waals surface area contributed by atoms with E-state index in [2.05, 4.69) is 5.32 Å². The van der Waals surface area contributed by atoms with Gasteiger partial charge in [-0.3, -0.25) is 4.79 Å². The Morgan fingerprint density at radius 1 is 1.10 bits per heavy atom. The Labute approximate surface area is 124 Å². The summed E-state index contributed by atoms with van der Waals surface area (Å²) < 4.78 is 11.1. The van der Waals surface area contributed by atoms with E-state index in [1.807, 2.05) is 37.3 Å². The Balaban J connectivity index is 2.07. The van der Waals surface area contributed by atoms with E-state index >= 15 is 0 Å². The van der Waals surface area contributed by atoms with Gasteiger partial charge in [0.05, 0.1) is 7.11 Å². The van der Waals surface area contributed by atoms with Gasteiger partial charge in [-0.2, -0.15) is 0 Å². The quantitative estimate of drug-likeness (QED) is 0.881. The van der Waals surface area contributed by atoms with Crippen LogP contribution in [0.25, 0.3) is 0 Å². The van der Waals surface area contributed by atoms with Gasteiger partial charge >= 0.3 is 0 Å². The van der Waals surface area contributed by atoms with E-state index in [0.717, 1.165) is 5.56 Å². The number of hydrogen-bond acceptors (Lipinski definition) is 3. The summed E-state index contributed by atoms with van der Waals surface area (Å²) in [5, 5.41) is 2.79. The van der Waals surface area contributed by atoms with Gasteiger partial charge in [0.2, 0.25) is 5.91 Å². The molecule has 1 N–H and O–H groups in total. The zero-order chi connectivity index (χ0) is 15.1. The molecule has 0 atom stereocenters. The lowest BCUT2D eigenvalue weighted by Gasteiger charge is -2.12. The molecule has 0 aliphatic heterocycles. The Morgan fingerprint density at radius 2 is 1.86 bits per heavy atom. The summed E-state index contributed by atoms with van der Waals surface area (Å²) >= 11 is 0. The van der Waals surface area contributed by atoms with E-state index in [1.165, 1.54) is 0 Å². The third-order valence-corrected chi connectivity index (χ3v) is 3.01. The average Bonchev–Trinajstić information content (AvgIpc) is 2.54. The number of hydrogen-bond donors (Lipinski definition) is 1. The average molecular weight is 285 g/mol. The van der Waals surface area contributed by atoms with Crippen molar-refractivity contribution in [3.05, 3.63) is 54.1 Å². The molecule has 0 aliphatic rings. The Kier molecular flexibility index (Phi) is 5.21. The van der Waals surface area contributed by atoms with E-state index in [0.29, 0.717) is 30.2 Å². The number of carbonyl (C=O) groups is 1. The van der Waals surface area contributed by atoms with Crippen LogP contribution < -0.4 is 14.8 Å². The zero-order valence-electron chi connectivity index (χ0n) is 12.3. The predicted octanol–water partition coefficient (Wildman–Crippen LogP) is 3.62. The molecule has 110 valence electrons. The first-order valence-corrected chi connectivity index (χ1v) is 6.87. The van der Waals surface area contributed by atoms with Crippen LogP contribution >= 0.6 is 0 Å². The number of ether oxygens (including phenoxy) is 2. The topological polar surface area (TPSA) is 47.6 Å². The molecule has 0 fully saturated rings. The maximum atomic E-state index is 11.4. The summed E-state index contributed by atoms with van der Waals surface area (Å²) in [5.74, 6) is 1.21. The van der Waals surface area contributed by atoms with Crippen LogP contribution in [0.3, 0.4) is 0 Å². The molecule has 1 amide bonds.